The highest BCUT2D eigenvalue weighted by Gasteiger charge is 2.27. The van der Waals surface area contributed by atoms with E-state index in [0.717, 1.165) is 24.3 Å². The van der Waals surface area contributed by atoms with E-state index in [2.05, 4.69) is 10.6 Å². The van der Waals surface area contributed by atoms with Crippen molar-refractivity contribution in [2.45, 2.75) is 64.3 Å². The van der Waals surface area contributed by atoms with Gasteiger partial charge in [-0.15, -0.1) is 11.3 Å². The molecule has 23 heavy (non-hydrogen) atoms. The Kier molecular flexibility index (Phi) is 5.54. The van der Waals surface area contributed by atoms with Gasteiger partial charge in [-0.25, -0.2) is 4.79 Å². The standard InChI is InChI=1S/C17H24N2O2S2/c1-2-21-16(20)14-12-7-5-3-4-6-8-13(12)23-15(14)19-17(22)18-11-9-10-11/h11H,2-10H2,1H3,(H2,18,19,22). The molecule has 1 heterocycles. The van der Waals surface area contributed by atoms with Gasteiger partial charge in [0.1, 0.15) is 5.00 Å². The van der Waals surface area contributed by atoms with Crippen LogP contribution in [0.5, 0.6) is 0 Å². The molecule has 6 heteroatoms. The van der Waals surface area contributed by atoms with E-state index in [0.29, 0.717) is 23.3 Å². The summed E-state index contributed by atoms with van der Waals surface area (Å²) in [6, 6.07) is 0.502. The molecule has 0 amide bonds. The van der Waals surface area contributed by atoms with Crippen LogP contribution in [-0.4, -0.2) is 23.7 Å². The first kappa shape index (κ1) is 16.7. The molecule has 0 aromatic carbocycles. The van der Waals surface area contributed by atoms with Crippen molar-refractivity contribution in [2.24, 2.45) is 0 Å². The van der Waals surface area contributed by atoms with Crippen molar-refractivity contribution in [3.05, 3.63) is 16.0 Å². The number of hydrogen-bond donors (Lipinski definition) is 2. The summed E-state index contributed by atoms with van der Waals surface area (Å²) in [7, 11) is 0. The second kappa shape index (κ2) is 7.62. The molecule has 0 spiro atoms. The minimum absolute atomic E-state index is 0.220. The van der Waals surface area contributed by atoms with Crippen LogP contribution < -0.4 is 10.6 Å². The van der Waals surface area contributed by atoms with Crippen LogP contribution in [0.25, 0.3) is 0 Å². The minimum Gasteiger partial charge on any atom is -0.462 e. The maximum Gasteiger partial charge on any atom is 0.341 e. The maximum absolute atomic E-state index is 12.5. The van der Waals surface area contributed by atoms with Gasteiger partial charge in [-0.05, 0) is 63.2 Å². The molecule has 4 nitrogen and oxygen atoms in total. The Labute approximate surface area is 147 Å². The SMILES string of the molecule is CCOC(=O)c1c(NC(=S)NC2CC2)sc2c1CCCCCC2. The highest BCUT2D eigenvalue weighted by atomic mass is 32.1. The van der Waals surface area contributed by atoms with Gasteiger partial charge in [0.15, 0.2) is 5.11 Å². The quantitative estimate of drug-likeness (QED) is 0.633. The first-order chi connectivity index (χ1) is 11.2. The van der Waals surface area contributed by atoms with Crippen molar-refractivity contribution in [1.29, 1.82) is 0 Å². The largest absolute Gasteiger partial charge is 0.462 e. The number of aryl methyl sites for hydroxylation is 1. The number of carbonyl (C=O) groups is 1. The monoisotopic (exact) mass is 352 g/mol. The van der Waals surface area contributed by atoms with E-state index in [1.54, 1.807) is 11.3 Å². The van der Waals surface area contributed by atoms with Gasteiger partial charge in [-0.1, -0.05) is 12.8 Å². The van der Waals surface area contributed by atoms with Crippen LogP contribution in [0.3, 0.4) is 0 Å². The third kappa shape index (κ3) is 4.23. The fraction of sp³-hybridized carbons (Fsp3) is 0.647. The lowest BCUT2D eigenvalue weighted by atomic mass is 9.96. The third-order valence-electron chi connectivity index (χ3n) is 4.29. The number of hydrogen-bond acceptors (Lipinski definition) is 4. The highest BCUT2D eigenvalue weighted by Crippen LogP contribution is 2.37. The zero-order valence-corrected chi connectivity index (χ0v) is 15.2. The summed E-state index contributed by atoms with van der Waals surface area (Å²) in [5.74, 6) is -0.220. The van der Waals surface area contributed by atoms with E-state index < -0.39 is 0 Å². The van der Waals surface area contributed by atoms with Crippen molar-refractivity contribution in [2.75, 3.05) is 11.9 Å². The average molecular weight is 353 g/mol. The van der Waals surface area contributed by atoms with Gasteiger partial charge in [-0.3, -0.25) is 0 Å². The van der Waals surface area contributed by atoms with Crippen LogP contribution in [0.2, 0.25) is 0 Å². The molecular formula is C17H24N2O2S2. The van der Waals surface area contributed by atoms with Crippen LogP contribution in [0.1, 0.15) is 66.2 Å². The summed E-state index contributed by atoms with van der Waals surface area (Å²) in [6.45, 7) is 2.24. The molecule has 1 saturated carbocycles. The molecule has 3 rings (SSSR count). The van der Waals surface area contributed by atoms with E-state index in [4.69, 9.17) is 17.0 Å². The molecule has 0 unspecified atom stereocenters. The number of anilines is 1. The van der Waals surface area contributed by atoms with Gasteiger partial charge < -0.3 is 15.4 Å². The summed E-state index contributed by atoms with van der Waals surface area (Å²) in [5.41, 5.74) is 1.90. The molecule has 126 valence electrons. The Hall–Kier alpha value is -1.14. The molecule has 2 aliphatic carbocycles. The Bertz CT molecular complexity index is 594. The van der Waals surface area contributed by atoms with Crippen molar-refractivity contribution >= 4 is 39.6 Å². The number of fused-ring (bicyclic) bond motifs is 1. The number of nitrogens with one attached hydrogen (secondary N) is 2. The molecule has 0 bridgehead atoms. The Balaban J connectivity index is 1.87. The van der Waals surface area contributed by atoms with Crippen LogP contribution in [0.4, 0.5) is 5.00 Å². The molecule has 1 fully saturated rings. The van der Waals surface area contributed by atoms with Gasteiger partial charge in [0.05, 0.1) is 12.2 Å². The zero-order valence-electron chi connectivity index (χ0n) is 13.6. The smallest absolute Gasteiger partial charge is 0.341 e. The lowest BCUT2D eigenvalue weighted by molar-refractivity contribution is 0.0526. The number of thiophene rings is 1. The van der Waals surface area contributed by atoms with Crippen molar-refractivity contribution in [3.63, 3.8) is 0 Å². The Morgan fingerprint density at radius 2 is 2.00 bits per heavy atom. The topological polar surface area (TPSA) is 50.4 Å². The van der Waals surface area contributed by atoms with Crippen molar-refractivity contribution in [1.82, 2.24) is 5.32 Å². The van der Waals surface area contributed by atoms with Gasteiger partial charge in [-0.2, -0.15) is 0 Å². The first-order valence-electron chi connectivity index (χ1n) is 8.58. The van der Waals surface area contributed by atoms with E-state index in [-0.39, 0.29) is 5.97 Å². The fourth-order valence-corrected chi connectivity index (χ4v) is 4.59. The molecule has 0 atom stereocenters. The summed E-state index contributed by atoms with van der Waals surface area (Å²) in [6.07, 6.45) is 9.21. The molecule has 0 aliphatic heterocycles. The molecule has 2 aliphatic rings. The molecule has 0 saturated heterocycles. The molecule has 2 N–H and O–H groups in total. The molecule has 1 aromatic rings. The summed E-state index contributed by atoms with van der Waals surface area (Å²) in [4.78, 5) is 13.8. The highest BCUT2D eigenvalue weighted by molar-refractivity contribution is 7.80. The number of esters is 1. The maximum atomic E-state index is 12.5. The van der Waals surface area contributed by atoms with E-state index in [9.17, 15) is 4.79 Å². The third-order valence-corrected chi connectivity index (χ3v) is 5.72. The summed E-state index contributed by atoms with van der Waals surface area (Å²) in [5, 5.41) is 8.01. The van der Waals surface area contributed by atoms with E-state index in [1.807, 2.05) is 6.92 Å². The number of thiocarbonyl (C=S) groups is 1. The summed E-state index contributed by atoms with van der Waals surface area (Å²) < 4.78 is 5.30. The lowest BCUT2D eigenvalue weighted by Crippen LogP contribution is -2.30. The Morgan fingerprint density at radius 1 is 1.26 bits per heavy atom. The van der Waals surface area contributed by atoms with Crippen LogP contribution in [0.15, 0.2) is 0 Å². The zero-order chi connectivity index (χ0) is 16.2. The normalized spacial score (nSPS) is 17.6. The first-order valence-corrected chi connectivity index (χ1v) is 9.80. The predicted molar refractivity (Wildman–Crippen MR) is 98.5 cm³/mol. The minimum atomic E-state index is -0.220. The van der Waals surface area contributed by atoms with Crippen molar-refractivity contribution in [3.8, 4) is 0 Å². The van der Waals surface area contributed by atoms with Gasteiger partial charge in [0, 0.05) is 10.9 Å². The number of rotatable bonds is 4. The number of carbonyl (C=O) groups excluding carboxylic acids is 1. The van der Waals surface area contributed by atoms with Gasteiger partial charge >= 0.3 is 5.97 Å². The lowest BCUT2D eigenvalue weighted by Gasteiger charge is -2.12. The van der Waals surface area contributed by atoms with E-state index in [1.165, 1.54) is 42.5 Å². The summed E-state index contributed by atoms with van der Waals surface area (Å²) >= 11 is 7.06. The Morgan fingerprint density at radius 3 is 2.70 bits per heavy atom. The van der Waals surface area contributed by atoms with Crippen LogP contribution in [-0.2, 0) is 17.6 Å². The average Bonchev–Trinajstić information content (AvgIpc) is 3.22. The molecule has 1 aromatic heterocycles. The fourth-order valence-electron chi connectivity index (χ4n) is 2.98. The van der Waals surface area contributed by atoms with Crippen LogP contribution >= 0.6 is 23.6 Å². The van der Waals surface area contributed by atoms with Crippen LogP contribution in [0, 0.1) is 0 Å². The van der Waals surface area contributed by atoms with E-state index >= 15 is 0 Å². The van der Waals surface area contributed by atoms with Gasteiger partial charge in [0.2, 0.25) is 0 Å². The number of ether oxygens (including phenoxy) is 1. The predicted octanol–water partition coefficient (Wildman–Crippen LogP) is 4.03. The molecular weight excluding hydrogens is 328 g/mol. The van der Waals surface area contributed by atoms with Crippen molar-refractivity contribution < 1.29 is 9.53 Å². The molecule has 0 radical (unpaired) electrons. The second-order valence-electron chi connectivity index (χ2n) is 6.22. The van der Waals surface area contributed by atoms with Gasteiger partial charge in [0.25, 0.3) is 0 Å². The second-order valence-corrected chi connectivity index (χ2v) is 7.73.